The molecule has 0 atom stereocenters. The van der Waals surface area contributed by atoms with Crippen LogP contribution < -0.4 is 4.74 Å². The van der Waals surface area contributed by atoms with Crippen LogP contribution in [-0.2, 0) is 22.4 Å². The Morgan fingerprint density at radius 3 is 2.43 bits per heavy atom. The summed E-state index contributed by atoms with van der Waals surface area (Å²) in [5.74, 6) is -1.01. The number of carbonyl (C=O) groups excluding carboxylic acids is 1. The molecule has 1 rings (SSSR count). The highest BCUT2D eigenvalue weighted by molar-refractivity contribution is 5.74. The molecular formula is C14H14F3NO3. The van der Waals surface area contributed by atoms with Crippen LogP contribution in [0.15, 0.2) is 12.1 Å². The molecule has 0 unspecified atom stereocenters. The molecule has 0 bridgehead atoms. The number of carbonyl (C=O) groups is 1. The number of halogens is 3. The van der Waals surface area contributed by atoms with Gasteiger partial charge in [-0.15, -0.1) is 13.2 Å². The Morgan fingerprint density at radius 1 is 1.29 bits per heavy atom. The van der Waals surface area contributed by atoms with E-state index in [2.05, 4.69) is 4.74 Å². The van der Waals surface area contributed by atoms with Gasteiger partial charge < -0.3 is 9.47 Å². The van der Waals surface area contributed by atoms with Gasteiger partial charge in [0.25, 0.3) is 0 Å². The number of nitrogens with zero attached hydrogens (tertiary/aromatic N) is 1. The summed E-state index contributed by atoms with van der Waals surface area (Å²) < 4.78 is 45.8. The highest BCUT2D eigenvalue weighted by Gasteiger charge is 2.32. The van der Waals surface area contributed by atoms with E-state index < -0.39 is 18.1 Å². The summed E-state index contributed by atoms with van der Waals surface area (Å²) in [6.45, 7) is 3.41. The highest BCUT2D eigenvalue weighted by Crippen LogP contribution is 2.30. The Labute approximate surface area is 120 Å². The Kier molecular flexibility index (Phi) is 5.59. The molecule has 7 heteroatoms. The van der Waals surface area contributed by atoms with E-state index in [1.165, 1.54) is 6.07 Å². The lowest BCUT2D eigenvalue weighted by molar-refractivity contribution is -0.274. The van der Waals surface area contributed by atoms with Gasteiger partial charge in [-0.3, -0.25) is 4.79 Å². The number of hydrogen-bond donors (Lipinski definition) is 0. The average molecular weight is 301 g/mol. The summed E-state index contributed by atoms with van der Waals surface area (Å²) in [6, 6.07) is 4.24. The number of esters is 1. The van der Waals surface area contributed by atoms with Gasteiger partial charge in [0.05, 0.1) is 24.7 Å². The summed E-state index contributed by atoms with van der Waals surface area (Å²) in [4.78, 5) is 11.4. The molecule has 1 aromatic rings. The first-order valence-electron chi connectivity index (χ1n) is 6.28. The van der Waals surface area contributed by atoms with E-state index in [0.29, 0.717) is 0 Å². The molecule has 0 aliphatic heterocycles. The molecule has 0 amide bonds. The van der Waals surface area contributed by atoms with E-state index in [0.717, 1.165) is 6.07 Å². The lowest BCUT2D eigenvalue weighted by Gasteiger charge is -2.15. The van der Waals surface area contributed by atoms with Gasteiger partial charge in [0.1, 0.15) is 5.75 Å². The largest absolute Gasteiger partial charge is 0.573 e. The third-order valence-corrected chi connectivity index (χ3v) is 2.65. The molecule has 0 radical (unpaired) electrons. The van der Waals surface area contributed by atoms with Crippen molar-refractivity contribution in [3.05, 3.63) is 28.8 Å². The second-order valence-electron chi connectivity index (χ2n) is 4.11. The molecule has 114 valence electrons. The molecule has 4 nitrogen and oxygen atoms in total. The molecule has 21 heavy (non-hydrogen) atoms. The summed E-state index contributed by atoms with van der Waals surface area (Å²) >= 11 is 0. The fourth-order valence-electron chi connectivity index (χ4n) is 1.78. The van der Waals surface area contributed by atoms with Crippen LogP contribution in [0, 0.1) is 11.3 Å². The van der Waals surface area contributed by atoms with Crippen molar-refractivity contribution < 1.29 is 27.4 Å². The predicted octanol–water partition coefficient (Wildman–Crippen LogP) is 3.12. The number of ether oxygens (including phenoxy) is 2. The second-order valence-corrected chi connectivity index (χ2v) is 4.11. The van der Waals surface area contributed by atoms with E-state index in [9.17, 15) is 18.0 Å². The van der Waals surface area contributed by atoms with Gasteiger partial charge in [-0.05, 0) is 36.6 Å². The van der Waals surface area contributed by atoms with Crippen molar-refractivity contribution in [3.8, 4) is 11.8 Å². The van der Waals surface area contributed by atoms with E-state index in [-0.39, 0.29) is 36.1 Å². The molecule has 0 spiro atoms. The number of alkyl halides is 3. The third kappa shape index (κ3) is 4.99. The van der Waals surface area contributed by atoms with Gasteiger partial charge in [0, 0.05) is 0 Å². The molecule has 1 aromatic carbocycles. The first-order chi connectivity index (χ1) is 9.80. The molecule has 0 fully saturated rings. The summed E-state index contributed by atoms with van der Waals surface area (Å²) in [5.41, 5.74) is 0.526. The van der Waals surface area contributed by atoms with E-state index in [1.54, 1.807) is 13.8 Å². The molecule has 0 heterocycles. The smallest absolute Gasteiger partial charge is 0.466 e. The van der Waals surface area contributed by atoms with E-state index in [4.69, 9.17) is 10.00 Å². The summed E-state index contributed by atoms with van der Waals surface area (Å²) in [6.07, 6.45) is -4.85. The van der Waals surface area contributed by atoms with Gasteiger partial charge in [-0.25, -0.2) is 0 Å². The Hall–Kier alpha value is -2.23. The number of rotatable bonds is 5. The van der Waals surface area contributed by atoms with Crippen molar-refractivity contribution in [1.29, 1.82) is 5.26 Å². The second kappa shape index (κ2) is 6.97. The van der Waals surface area contributed by atoms with E-state index >= 15 is 0 Å². The minimum atomic E-state index is -4.83. The predicted molar refractivity (Wildman–Crippen MR) is 67.6 cm³/mol. The van der Waals surface area contributed by atoms with Gasteiger partial charge in [0.2, 0.25) is 0 Å². The van der Waals surface area contributed by atoms with Crippen LogP contribution >= 0.6 is 0 Å². The standard InChI is InChI=1S/C14H14F3NO3/c1-3-9-5-11(8-18)10(7-13(19)20-4-2)6-12(9)21-14(15,16)17/h5-6H,3-4,7H2,1-2H3. The normalized spacial score (nSPS) is 10.9. The average Bonchev–Trinajstić information content (AvgIpc) is 2.37. The monoisotopic (exact) mass is 301 g/mol. The lowest BCUT2D eigenvalue weighted by atomic mass is 10.00. The first-order valence-corrected chi connectivity index (χ1v) is 6.28. The zero-order valence-corrected chi connectivity index (χ0v) is 11.6. The number of benzene rings is 1. The van der Waals surface area contributed by atoms with Gasteiger partial charge in [0.15, 0.2) is 0 Å². The van der Waals surface area contributed by atoms with Crippen molar-refractivity contribution in [2.45, 2.75) is 33.1 Å². The summed E-state index contributed by atoms with van der Waals surface area (Å²) in [7, 11) is 0. The Bertz CT molecular complexity index is 562. The van der Waals surface area contributed by atoms with Crippen molar-refractivity contribution >= 4 is 5.97 Å². The molecule has 0 saturated carbocycles. The van der Waals surface area contributed by atoms with Crippen molar-refractivity contribution in [1.82, 2.24) is 0 Å². The molecule has 0 saturated heterocycles. The van der Waals surface area contributed by atoms with Crippen LogP contribution in [0.4, 0.5) is 13.2 Å². The maximum atomic E-state index is 12.4. The fraction of sp³-hybridized carbons (Fsp3) is 0.429. The maximum Gasteiger partial charge on any atom is 0.573 e. The third-order valence-electron chi connectivity index (χ3n) is 2.65. The number of nitriles is 1. The maximum absolute atomic E-state index is 12.4. The molecule has 0 N–H and O–H groups in total. The van der Waals surface area contributed by atoms with Crippen LogP contribution in [0.2, 0.25) is 0 Å². The molecule has 0 aromatic heterocycles. The Morgan fingerprint density at radius 2 is 1.95 bits per heavy atom. The van der Waals surface area contributed by atoms with Crippen LogP contribution in [0.5, 0.6) is 5.75 Å². The van der Waals surface area contributed by atoms with Crippen molar-refractivity contribution in [3.63, 3.8) is 0 Å². The van der Waals surface area contributed by atoms with Gasteiger partial charge >= 0.3 is 12.3 Å². The fourth-order valence-corrected chi connectivity index (χ4v) is 1.78. The summed E-state index contributed by atoms with van der Waals surface area (Å²) in [5, 5.41) is 9.04. The zero-order chi connectivity index (χ0) is 16.0. The van der Waals surface area contributed by atoms with Crippen LogP contribution in [0.25, 0.3) is 0 Å². The van der Waals surface area contributed by atoms with Gasteiger partial charge in [-0.2, -0.15) is 5.26 Å². The topological polar surface area (TPSA) is 59.3 Å². The Balaban J connectivity index is 3.20. The van der Waals surface area contributed by atoms with Crippen molar-refractivity contribution in [2.75, 3.05) is 6.61 Å². The van der Waals surface area contributed by atoms with Gasteiger partial charge in [-0.1, -0.05) is 6.92 Å². The zero-order valence-electron chi connectivity index (χ0n) is 11.6. The first kappa shape index (κ1) is 16.8. The molecular weight excluding hydrogens is 287 g/mol. The number of aryl methyl sites for hydroxylation is 1. The van der Waals surface area contributed by atoms with Crippen LogP contribution in [-0.4, -0.2) is 18.9 Å². The van der Waals surface area contributed by atoms with Crippen molar-refractivity contribution in [2.24, 2.45) is 0 Å². The van der Waals surface area contributed by atoms with Crippen LogP contribution in [0.3, 0.4) is 0 Å². The molecule has 0 aliphatic rings. The quantitative estimate of drug-likeness (QED) is 0.784. The SMILES string of the molecule is CCOC(=O)Cc1cc(OC(F)(F)F)c(CC)cc1C#N. The number of hydrogen-bond acceptors (Lipinski definition) is 4. The lowest BCUT2D eigenvalue weighted by Crippen LogP contribution is -2.19. The van der Waals surface area contributed by atoms with Crippen LogP contribution in [0.1, 0.15) is 30.5 Å². The minimum absolute atomic E-state index is 0.134. The minimum Gasteiger partial charge on any atom is -0.466 e. The molecule has 0 aliphatic carbocycles. The van der Waals surface area contributed by atoms with E-state index in [1.807, 2.05) is 6.07 Å². The highest BCUT2D eigenvalue weighted by atomic mass is 19.4.